The van der Waals surface area contributed by atoms with Crippen molar-refractivity contribution in [3.8, 4) is 6.07 Å². The van der Waals surface area contributed by atoms with E-state index >= 15 is 0 Å². The molecule has 1 aromatic carbocycles. The van der Waals surface area contributed by atoms with Crippen LogP contribution in [0.1, 0.15) is 5.56 Å². The summed E-state index contributed by atoms with van der Waals surface area (Å²) in [6.45, 7) is 0. The molecule has 0 radical (unpaired) electrons. The van der Waals surface area contributed by atoms with Gasteiger partial charge in [-0.2, -0.15) is 5.26 Å². The highest BCUT2D eigenvalue weighted by Gasteiger charge is 2.27. The van der Waals surface area contributed by atoms with E-state index in [9.17, 15) is 18.5 Å². The van der Waals surface area contributed by atoms with Gasteiger partial charge in [-0.3, -0.25) is 10.1 Å². The largest absolute Gasteiger partial charge is 0.288 e. The number of rotatable bonds is 2. The van der Waals surface area contributed by atoms with Gasteiger partial charge in [-0.25, -0.2) is 8.42 Å². The normalized spacial score (nSPS) is 10.8. The van der Waals surface area contributed by atoms with Crippen molar-refractivity contribution in [3.05, 3.63) is 31.4 Å². The van der Waals surface area contributed by atoms with E-state index in [0.717, 1.165) is 6.07 Å². The van der Waals surface area contributed by atoms with Crippen LogP contribution in [-0.4, -0.2) is 13.3 Å². The van der Waals surface area contributed by atoms with Gasteiger partial charge in [0.2, 0.25) is 0 Å². The van der Waals surface area contributed by atoms with Crippen LogP contribution in [0.3, 0.4) is 0 Å². The molecule has 0 aliphatic heterocycles. The lowest BCUT2D eigenvalue weighted by Gasteiger charge is -2.03. The van der Waals surface area contributed by atoms with E-state index in [4.69, 9.17) is 15.9 Å². The Balaban J connectivity index is 3.81. The fourth-order valence-corrected chi connectivity index (χ4v) is 3.93. The van der Waals surface area contributed by atoms with Gasteiger partial charge in [0.25, 0.3) is 14.7 Å². The maximum Gasteiger partial charge on any atom is 0.288 e. The van der Waals surface area contributed by atoms with Gasteiger partial charge in [0.1, 0.15) is 11.0 Å². The average molecular weight is 373 g/mol. The van der Waals surface area contributed by atoms with Crippen LogP contribution < -0.4 is 0 Å². The maximum absolute atomic E-state index is 11.2. The second-order valence-corrected chi connectivity index (χ2v) is 6.24. The Bertz CT molecular complexity index is 608. The van der Waals surface area contributed by atoms with Crippen LogP contribution in [0.5, 0.6) is 0 Å². The van der Waals surface area contributed by atoms with Crippen molar-refractivity contribution in [2.75, 3.05) is 0 Å². The van der Waals surface area contributed by atoms with Gasteiger partial charge in [-0.05, 0) is 28.7 Å². The predicted octanol–water partition coefficient (Wildman–Crippen LogP) is 2.00. The summed E-state index contributed by atoms with van der Waals surface area (Å²) >= 11 is 1.64. The van der Waals surface area contributed by atoms with Crippen LogP contribution >= 0.6 is 33.3 Å². The van der Waals surface area contributed by atoms with Crippen molar-refractivity contribution in [2.24, 2.45) is 0 Å². The number of nitrogens with zero attached hydrogens (tertiary/aromatic N) is 2. The van der Waals surface area contributed by atoms with Crippen LogP contribution in [0.4, 0.5) is 5.69 Å². The summed E-state index contributed by atoms with van der Waals surface area (Å²) in [4.78, 5) is 9.23. The molecule has 0 N–H and O–H groups in total. The predicted molar refractivity (Wildman–Crippen MR) is 63.6 cm³/mol. The lowest BCUT2D eigenvalue weighted by atomic mass is 10.2. The molecule has 84 valence electrons. The van der Waals surface area contributed by atoms with E-state index < -0.39 is 30.1 Å². The van der Waals surface area contributed by atoms with Crippen molar-refractivity contribution in [2.45, 2.75) is 4.90 Å². The molecule has 1 aromatic rings. The fraction of sp³-hybridized carbons (Fsp3) is 0. The van der Waals surface area contributed by atoms with Crippen molar-refractivity contribution in [3.63, 3.8) is 0 Å². The van der Waals surface area contributed by atoms with Crippen LogP contribution in [0, 0.1) is 25.0 Å². The molecule has 0 aliphatic carbocycles. The zero-order chi connectivity index (χ0) is 12.5. The summed E-state index contributed by atoms with van der Waals surface area (Å²) in [6.07, 6.45) is 0. The van der Waals surface area contributed by atoms with Gasteiger partial charge >= 0.3 is 0 Å². The smallest absolute Gasteiger partial charge is 0.258 e. The first-order chi connectivity index (χ1) is 7.29. The van der Waals surface area contributed by atoms with Gasteiger partial charge in [-0.1, -0.05) is 0 Å². The molecular formula is C7H2ClIN2O4S. The third kappa shape index (κ3) is 2.42. The first kappa shape index (κ1) is 13.1. The minimum absolute atomic E-state index is 0.162. The highest BCUT2D eigenvalue weighted by molar-refractivity contribution is 14.1. The molecule has 0 aromatic heterocycles. The molecule has 0 aliphatic rings. The maximum atomic E-state index is 11.2. The third-order valence-electron chi connectivity index (χ3n) is 1.64. The summed E-state index contributed by atoms with van der Waals surface area (Å²) in [6, 6.07) is 3.76. The minimum atomic E-state index is -4.19. The molecule has 0 saturated heterocycles. The SMILES string of the molecule is N#Cc1c([N+](=O)[O-])ccc(I)c1S(=O)(=O)Cl. The number of nitro groups is 1. The van der Waals surface area contributed by atoms with Gasteiger partial charge in [-0.15, -0.1) is 0 Å². The standard InChI is InChI=1S/C7H2ClIN2O4S/c8-16(14,15)7-4(3-10)6(11(12)13)2-1-5(7)9/h1-2H. The molecule has 0 saturated carbocycles. The minimum Gasteiger partial charge on any atom is -0.258 e. The summed E-state index contributed by atoms with van der Waals surface area (Å²) < 4.78 is 22.6. The molecular weight excluding hydrogens is 371 g/mol. The molecule has 0 unspecified atom stereocenters. The molecule has 0 fully saturated rings. The Kier molecular flexibility index (Phi) is 3.72. The first-order valence-electron chi connectivity index (χ1n) is 3.60. The lowest BCUT2D eigenvalue weighted by Crippen LogP contribution is -2.02. The summed E-state index contributed by atoms with van der Waals surface area (Å²) in [5.41, 5.74) is -1.13. The number of nitriles is 1. The summed E-state index contributed by atoms with van der Waals surface area (Å²) in [5, 5.41) is 19.3. The second kappa shape index (κ2) is 4.52. The van der Waals surface area contributed by atoms with Gasteiger partial charge in [0.15, 0.2) is 5.56 Å². The van der Waals surface area contributed by atoms with Crippen molar-refractivity contribution in [1.29, 1.82) is 5.26 Å². The van der Waals surface area contributed by atoms with E-state index in [1.54, 1.807) is 22.6 Å². The summed E-state index contributed by atoms with van der Waals surface area (Å²) in [7, 11) is 0.924. The zero-order valence-electron chi connectivity index (χ0n) is 7.35. The Morgan fingerprint density at radius 3 is 2.44 bits per heavy atom. The Labute approximate surface area is 109 Å². The Morgan fingerprint density at radius 2 is 2.06 bits per heavy atom. The van der Waals surface area contributed by atoms with E-state index in [0.29, 0.717) is 0 Å². The average Bonchev–Trinajstić information content (AvgIpc) is 2.14. The van der Waals surface area contributed by atoms with Crippen LogP contribution in [-0.2, 0) is 9.05 Å². The quantitative estimate of drug-likeness (QED) is 0.342. The number of hydrogen-bond donors (Lipinski definition) is 0. The third-order valence-corrected chi connectivity index (χ3v) is 4.28. The fourth-order valence-electron chi connectivity index (χ4n) is 1.05. The molecule has 0 spiro atoms. The molecule has 0 atom stereocenters. The molecule has 0 amide bonds. The second-order valence-electron chi connectivity index (χ2n) is 2.58. The molecule has 6 nitrogen and oxygen atoms in total. The van der Waals surface area contributed by atoms with Crippen LogP contribution in [0.25, 0.3) is 0 Å². The highest BCUT2D eigenvalue weighted by atomic mass is 127. The van der Waals surface area contributed by atoms with E-state index in [-0.39, 0.29) is 3.57 Å². The first-order valence-corrected chi connectivity index (χ1v) is 6.99. The molecule has 1 rings (SSSR count). The van der Waals surface area contributed by atoms with Crippen molar-refractivity contribution >= 4 is 48.0 Å². The Hall–Kier alpha value is -0.920. The van der Waals surface area contributed by atoms with Crippen molar-refractivity contribution < 1.29 is 13.3 Å². The monoisotopic (exact) mass is 372 g/mol. The van der Waals surface area contributed by atoms with Gasteiger partial charge < -0.3 is 0 Å². The number of hydrogen-bond acceptors (Lipinski definition) is 5. The van der Waals surface area contributed by atoms with E-state index in [1.807, 2.05) is 0 Å². The Morgan fingerprint density at radius 1 is 1.50 bits per heavy atom. The number of benzene rings is 1. The molecule has 0 heterocycles. The number of halogens is 2. The van der Waals surface area contributed by atoms with Crippen molar-refractivity contribution in [1.82, 2.24) is 0 Å². The zero-order valence-corrected chi connectivity index (χ0v) is 11.1. The van der Waals surface area contributed by atoms with Crippen LogP contribution in [0.2, 0.25) is 0 Å². The molecule has 0 bridgehead atoms. The lowest BCUT2D eigenvalue weighted by molar-refractivity contribution is -0.385. The van der Waals surface area contributed by atoms with Gasteiger partial charge in [0.05, 0.1) is 4.92 Å². The van der Waals surface area contributed by atoms with E-state index in [1.165, 1.54) is 12.1 Å². The summed E-state index contributed by atoms with van der Waals surface area (Å²) in [5.74, 6) is 0. The van der Waals surface area contributed by atoms with Crippen LogP contribution in [0.15, 0.2) is 17.0 Å². The topological polar surface area (TPSA) is 101 Å². The van der Waals surface area contributed by atoms with Gasteiger partial charge in [0, 0.05) is 20.3 Å². The molecule has 16 heavy (non-hydrogen) atoms. The highest BCUT2D eigenvalue weighted by Crippen LogP contribution is 2.31. The molecule has 9 heteroatoms. The number of nitro benzene ring substituents is 1. The van der Waals surface area contributed by atoms with E-state index in [2.05, 4.69) is 0 Å².